The minimum absolute atomic E-state index is 0.339. The van der Waals surface area contributed by atoms with E-state index < -0.39 is 10.8 Å². The summed E-state index contributed by atoms with van der Waals surface area (Å²) in [6, 6.07) is 0.339. The van der Waals surface area contributed by atoms with Crippen LogP contribution in [0.1, 0.15) is 37.3 Å². The smallest absolute Gasteiger partial charge is 0.158 e. The van der Waals surface area contributed by atoms with E-state index in [9.17, 15) is 4.21 Å². The summed E-state index contributed by atoms with van der Waals surface area (Å²) in [5, 5.41) is 4.54. The van der Waals surface area contributed by atoms with E-state index in [-0.39, 0.29) is 0 Å². The maximum atomic E-state index is 11.6. The van der Waals surface area contributed by atoms with E-state index in [1.165, 1.54) is 0 Å². The van der Waals surface area contributed by atoms with Crippen molar-refractivity contribution >= 4 is 33.6 Å². The molecule has 0 atom stereocenters. The molecule has 3 heterocycles. The minimum Gasteiger partial charge on any atom is -0.309 e. The fourth-order valence-electron chi connectivity index (χ4n) is 3.00. The molecule has 7 heteroatoms. The molecule has 0 bridgehead atoms. The topological polar surface area (TPSA) is 52.7 Å². The summed E-state index contributed by atoms with van der Waals surface area (Å²) in [6.45, 7) is 2.09. The number of hydrogen-bond acceptors (Lipinski definition) is 3. The highest BCUT2D eigenvalue weighted by molar-refractivity contribution is 7.85. The number of alkyl halides is 1. The zero-order chi connectivity index (χ0) is 14.3. The molecule has 0 radical (unpaired) electrons. The van der Waals surface area contributed by atoms with Crippen LogP contribution in [0.2, 0.25) is 0 Å². The Labute approximate surface area is 125 Å². The summed E-state index contributed by atoms with van der Waals surface area (Å²) in [7, 11) is 1.30. The molecule has 0 spiro atoms. The Morgan fingerprint density at radius 1 is 1.40 bits per heavy atom. The molecule has 1 aliphatic heterocycles. The maximum absolute atomic E-state index is 11.6. The lowest BCUT2D eigenvalue weighted by Gasteiger charge is -2.24. The van der Waals surface area contributed by atoms with Crippen molar-refractivity contribution in [2.24, 2.45) is 7.05 Å². The van der Waals surface area contributed by atoms with Crippen molar-refractivity contribution in [2.45, 2.75) is 38.1 Å². The van der Waals surface area contributed by atoms with Crippen LogP contribution in [-0.2, 0) is 30.1 Å². The van der Waals surface area contributed by atoms with Crippen molar-refractivity contribution in [2.75, 3.05) is 11.5 Å². The molecular weight excluding hydrogens is 296 g/mol. The summed E-state index contributed by atoms with van der Waals surface area (Å²) in [5.41, 5.74) is 3.04. The van der Waals surface area contributed by atoms with Gasteiger partial charge in [0, 0.05) is 35.4 Å². The zero-order valence-corrected chi connectivity index (χ0v) is 13.4. The fraction of sp³-hybridized carbons (Fsp3) is 0.692. The van der Waals surface area contributed by atoms with Crippen LogP contribution in [0.4, 0.5) is 0 Å². The average Bonchev–Trinajstić information content (AvgIpc) is 2.97. The third-order valence-corrected chi connectivity index (χ3v) is 5.61. The maximum Gasteiger partial charge on any atom is 0.158 e. The van der Waals surface area contributed by atoms with Gasteiger partial charge in [0.1, 0.15) is 11.3 Å². The third-order valence-electron chi connectivity index (χ3n) is 3.99. The average molecular weight is 315 g/mol. The molecule has 0 aromatic carbocycles. The SMILES string of the molecule is CCc1nn(C)c2c1nc(CCl)n2C1CCS(=O)CC1. The summed E-state index contributed by atoms with van der Waals surface area (Å²) < 4.78 is 15.7. The highest BCUT2D eigenvalue weighted by atomic mass is 35.5. The summed E-state index contributed by atoms with van der Waals surface area (Å²) in [6.07, 6.45) is 2.72. The first-order valence-corrected chi connectivity index (χ1v) is 9.01. The minimum atomic E-state index is -0.656. The van der Waals surface area contributed by atoms with Gasteiger partial charge in [-0.15, -0.1) is 11.6 Å². The van der Waals surface area contributed by atoms with Gasteiger partial charge in [-0.1, -0.05) is 6.92 Å². The molecule has 2 aromatic heterocycles. The van der Waals surface area contributed by atoms with Gasteiger partial charge in [0.05, 0.1) is 11.6 Å². The van der Waals surface area contributed by atoms with Gasteiger partial charge in [0.25, 0.3) is 0 Å². The summed E-state index contributed by atoms with van der Waals surface area (Å²) >= 11 is 6.08. The summed E-state index contributed by atoms with van der Waals surface area (Å²) in [4.78, 5) is 4.69. The van der Waals surface area contributed by atoms with Crippen LogP contribution in [-0.4, -0.2) is 35.0 Å². The van der Waals surface area contributed by atoms with Gasteiger partial charge in [0.15, 0.2) is 5.65 Å². The first kappa shape index (κ1) is 14.1. The van der Waals surface area contributed by atoms with Crippen LogP contribution in [0.5, 0.6) is 0 Å². The first-order chi connectivity index (χ1) is 9.65. The Bertz CT molecular complexity index is 653. The Balaban J connectivity index is 2.12. The van der Waals surface area contributed by atoms with Crippen molar-refractivity contribution in [3.63, 3.8) is 0 Å². The van der Waals surface area contributed by atoms with Gasteiger partial charge in [-0.3, -0.25) is 8.89 Å². The second kappa shape index (κ2) is 5.48. The molecule has 20 heavy (non-hydrogen) atoms. The summed E-state index contributed by atoms with van der Waals surface area (Å²) in [5.74, 6) is 2.84. The highest BCUT2D eigenvalue weighted by Gasteiger charge is 2.26. The third kappa shape index (κ3) is 2.19. The van der Waals surface area contributed by atoms with E-state index in [0.717, 1.165) is 53.5 Å². The molecule has 1 fully saturated rings. The Hall–Kier alpha value is -0.880. The van der Waals surface area contributed by atoms with Crippen molar-refractivity contribution in [3.8, 4) is 0 Å². The number of aromatic nitrogens is 4. The van der Waals surface area contributed by atoms with Crippen molar-refractivity contribution in [1.82, 2.24) is 19.3 Å². The number of aryl methyl sites for hydroxylation is 2. The lowest BCUT2D eigenvalue weighted by molar-refractivity contribution is 0.455. The molecule has 0 N–H and O–H groups in total. The van der Waals surface area contributed by atoms with Gasteiger partial charge in [-0.2, -0.15) is 5.10 Å². The molecule has 1 saturated heterocycles. The second-order valence-corrected chi connectivity index (χ2v) is 7.17. The van der Waals surface area contributed by atoms with Gasteiger partial charge in [-0.25, -0.2) is 4.98 Å². The van der Waals surface area contributed by atoms with Gasteiger partial charge >= 0.3 is 0 Å². The Morgan fingerprint density at radius 2 is 2.10 bits per heavy atom. The van der Waals surface area contributed by atoms with Crippen molar-refractivity contribution in [1.29, 1.82) is 0 Å². The van der Waals surface area contributed by atoms with Crippen LogP contribution in [0.3, 0.4) is 0 Å². The Kier molecular flexibility index (Phi) is 3.86. The molecule has 0 saturated carbocycles. The van der Waals surface area contributed by atoms with Crippen LogP contribution in [0.25, 0.3) is 11.2 Å². The van der Waals surface area contributed by atoms with E-state index in [4.69, 9.17) is 11.6 Å². The monoisotopic (exact) mass is 314 g/mol. The number of rotatable bonds is 3. The van der Waals surface area contributed by atoms with Crippen LogP contribution in [0, 0.1) is 0 Å². The molecule has 110 valence electrons. The number of halogens is 1. The normalized spacial score (nSPS) is 23.6. The molecule has 2 aromatic rings. The molecule has 0 unspecified atom stereocenters. The quantitative estimate of drug-likeness (QED) is 0.816. The van der Waals surface area contributed by atoms with Crippen LogP contribution < -0.4 is 0 Å². The van der Waals surface area contributed by atoms with E-state index in [2.05, 4.69) is 21.6 Å². The van der Waals surface area contributed by atoms with Crippen molar-refractivity contribution in [3.05, 3.63) is 11.5 Å². The second-order valence-electron chi connectivity index (χ2n) is 5.21. The first-order valence-electron chi connectivity index (χ1n) is 6.99. The lowest BCUT2D eigenvalue weighted by Crippen LogP contribution is -2.23. The van der Waals surface area contributed by atoms with E-state index in [0.29, 0.717) is 11.9 Å². The van der Waals surface area contributed by atoms with E-state index in [1.54, 1.807) is 0 Å². The number of fused-ring (bicyclic) bond motifs is 1. The van der Waals surface area contributed by atoms with Gasteiger partial charge < -0.3 is 4.57 Å². The largest absolute Gasteiger partial charge is 0.309 e. The molecule has 0 amide bonds. The highest BCUT2D eigenvalue weighted by Crippen LogP contribution is 2.30. The predicted octanol–water partition coefficient (Wildman–Crippen LogP) is 2.15. The van der Waals surface area contributed by atoms with Gasteiger partial charge in [-0.05, 0) is 19.3 Å². The van der Waals surface area contributed by atoms with E-state index >= 15 is 0 Å². The van der Waals surface area contributed by atoms with Crippen LogP contribution >= 0.6 is 11.6 Å². The fourth-order valence-corrected chi connectivity index (χ4v) is 4.47. The van der Waals surface area contributed by atoms with Crippen molar-refractivity contribution < 1.29 is 4.21 Å². The number of hydrogen-bond donors (Lipinski definition) is 0. The standard InChI is InChI=1S/C13H19ClN4OS/c1-3-10-12-13(17(2)16-10)18(11(8-14)15-12)9-4-6-20(19)7-5-9/h9H,3-8H2,1-2H3. The number of imidazole rings is 1. The molecule has 3 rings (SSSR count). The van der Waals surface area contributed by atoms with E-state index in [1.807, 2.05) is 11.7 Å². The molecule has 1 aliphatic rings. The number of nitrogens with zero attached hydrogens (tertiary/aromatic N) is 4. The predicted molar refractivity (Wildman–Crippen MR) is 81.6 cm³/mol. The zero-order valence-electron chi connectivity index (χ0n) is 11.8. The molecule has 0 aliphatic carbocycles. The lowest BCUT2D eigenvalue weighted by atomic mass is 10.1. The van der Waals surface area contributed by atoms with Gasteiger partial charge in [0.2, 0.25) is 0 Å². The molecular formula is C13H19ClN4OS. The Morgan fingerprint density at radius 3 is 2.70 bits per heavy atom. The van der Waals surface area contributed by atoms with Crippen LogP contribution in [0.15, 0.2) is 0 Å². The molecule has 5 nitrogen and oxygen atoms in total.